The van der Waals surface area contributed by atoms with E-state index >= 15 is 0 Å². The van der Waals surface area contributed by atoms with Gasteiger partial charge in [0.15, 0.2) is 0 Å². The average Bonchev–Trinajstić information content (AvgIpc) is 2.90. The van der Waals surface area contributed by atoms with Crippen LogP contribution < -0.4 is 0 Å². The van der Waals surface area contributed by atoms with Crippen molar-refractivity contribution >= 4 is 0 Å². The maximum absolute atomic E-state index is 10.4. The van der Waals surface area contributed by atoms with Crippen LogP contribution in [-0.4, -0.2) is 0 Å². The van der Waals surface area contributed by atoms with Crippen LogP contribution in [0.3, 0.4) is 0 Å². The number of fused-ring (bicyclic) bond motifs is 1. The van der Waals surface area contributed by atoms with Crippen LogP contribution in [0.1, 0.15) is 54.2 Å². The van der Waals surface area contributed by atoms with Gasteiger partial charge in [0.05, 0.1) is 11.5 Å². The van der Waals surface area contributed by atoms with Gasteiger partial charge in [0.25, 0.3) is 0 Å². The number of allylic oxidation sites excluding steroid dienone is 2. The maximum Gasteiger partial charge on any atom is 0.0689 e. The SMILES string of the molecule is N#CC12CCC34C=CC(c5ccccc5)(C(c5ccccc5)C3C1)C(c1ccccc1)C4C2. The zero-order chi connectivity index (χ0) is 22.1. The Morgan fingerprint density at radius 2 is 1.15 bits per heavy atom. The quantitative estimate of drug-likeness (QED) is 0.400. The lowest BCUT2D eigenvalue weighted by atomic mass is 9.29. The molecule has 0 aliphatic heterocycles. The van der Waals surface area contributed by atoms with Crippen molar-refractivity contribution < 1.29 is 0 Å². The summed E-state index contributed by atoms with van der Waals surface area (Å²) in [4.78, 5) is 0. The second-order valence-corrected chi connectivity index (χ2v) is 11.0. The van der Waals surface area contributed by atoms with Gasteiger partial charge in [0.2, 0.25) is 0 Å². The summed E-state index contributed by atoms with van der Waals surface area (Å²) in [5.74, 6) is 1.77. The summed E-state index contributed by atoms with van der Waals surface area (Å²) in [6, 6.07) is 36.6. The Labute approximate surface area is 196 Å². The highest BCUT2D eigenvalue weighted by Crippen LogP contribution is 2.79. The molecule has 9 rings (SSSR count). The first-order valence-corrected chi connectivity index (χ1v) is 12.5. The highest BCUT2D eigenvalue weighted by molar-refractivity contribution is 5.53. The number of hydrogen-bond acceptors (Lipinski definition) is 1. The number of rotatable bonds is 3. The second-order valence-electron chi connectivity index (χ2n) is 11.0. The summed E-state index contributed by atoms with van der Waals surface area (Å²) < 4.78 is 0. The highest BCUT2D eigenvalue weighted by atomic mass is 14.8. The maximum atomic E-state index is 10.4. The van der Waals surface area contributed by atoms with Gasteiger partial charge in [-0.15, -0.1) is 0 Å². The molecule has 0 radical (unpaired) electrons. The summed E-state index contributed by atoms with van der Waals surface area (Å²) in [5.41, 5.74) is 4.25. The topological polar surface area (TPSA) is 23.8 Å². The summed E-state index contributed by atoms with van der Waals surface area (Å²) in [6.07, 6.45) is 9.55. The first-order valence-electron chi connectivity index (χ1n) is 12.5. The van der Waals surface area contributed by atoms with E-state index in [2.05, 4.69) is 109 Å². The average molecular weight is 428 g/mol. The van der Waals surface area contributed by atoms with E-state index in [9.17, 15) is 5.26 Å². The van der Waals surface area contributed by atoms with Crippen LogP contribution in [0.15, 0.2) is 103 Å². The smallest absolute Gasteiger partial charge is 0.0689 e. The number of nitrogens with zero attached hydrogens (tertiary/aromatic N) is 1. The molecule has 6 aliphatic carbocycles. The fourth-order valence-corrected chi connectivity index (χ4v) is 8.82. The third kappa shape index (κ3) is 2.37. The molecule has 4 unspecified atom stereocenters. The van der Waals surface area contributed by atoms with Crippen LogP contribution in [0, 0.1) is 34.0 Å². The summed E-state index contributed by atoms with van der Waals surface area (Å²) >= 11 is 0. The van der Waals surface area contributed by atoms with Crippen molar-refractivity contribution in [2.75, 3.05) is 0 Å². The van der Waals surface area contributed by atoms with E-state index in [-0.39, 0.29) is 16.2 Å². The van der Waals surface area contributed by atoms with Crippen molar-refractivity contribution in [2.45, 2.75) is 42.9 Å². The van der Waals surface area contributed by atoms with Gasteiger partial charge in [-0.1, -0.05) is 103 Å². The van der Waals surface area contributed by atoms with Gasteiger partial charge in [-0.3, -0.25) is 0 Å². The van der Waals surface area contributed by atoms with Crippen molar-refractivity contribution in [1.82, 2.24) is 0 Å². The van der Waals surface area contributed by atoms with Crippen LogP contribution in [0.4, 0.5) is 0 Å². The molecule has 5 bridgehead atoms. The predicted octanol–water partition coefficient (Wildman–Crippen LogP) is 7.39. The largest absolute Gasteiger partial charge is 0.198 e. The van der Waals surface area contributed by atoms with Crippen molar-refractivity contribution in [2.24, 2.45) is 22.7 Å². The van der Waals surface area contributed by atoms with Gasteiger partial charge in [-0.2, -0.15) is 5.26 Å². The Hall–Kier alpha value is -3.11. The zero-order valence-corrected chi connectivity index (χ0v) is 18.9. The molecule has 0 saturated heterocycles. The molecule has 1 heteroatoms. The Balaban J connectivity index is 1.57. The van der Waals surface area contributed by atoms with Gasteiger partial charge in [0.1, 0.15) is 0 Å². The van der Waals surface area contributed by atoms with Crippen LogP contribution in [0.5, 0.6) is 0 Å². The van der Waals surface area contributed by atoms with Crippen LogP contribution in [0.2, 0.25) is 0 Å². The van der Waals surface area contributed by atoms with Crippen molar-refractivity contribution in [3.8, 4) is 6.07 Å². The third-order valence-corrected chi connectivity index (χ3v) is 9.97. The lowest BCUT2D eigenvalue weighted by Crippen LogP contribution is -2.67. The molecule has 1 nitrogen and oxygen atoms in total. The molecule has 3 aromatic rings. The van der Waals surface area contributed by atoms with Gasteiger partial charge < -0.3 is 0 Å². The van der Waals surface area contributed by atoms with Crippen molar-refractivity contribution in [3.05, 3.63) is 120 Å². The van der Waals surface area contributed by atoms with E-state index < -0.39 is 0 Å². The second kappa shape index (κ2) is 6.71. The Morgan fingerprint density at radius 1 is 0.636 bits per heavy atom. The Kier molecular flexibility index (Phi) is 3.94. The van der Waals surface area contributed by atoms with Crippen LogP contribution in [-0.2, 0) is 5.41 Å². The number of nitriles is 1. The van der Waals surface area contributed by atoms with E-state index in [4.69, 9.17) is 0 Å². The van der Waals surface area contributed by atoms with Crippen LogP contribution in [0.25, 0.3) is 0 Å². The molecular formula is C32H29N. The molecule has 0 heterocycles. The van der Waals surface area contributed by atoms with E-state index in [0.29, 0.717) is 23.7 Å². The lowest BCUT2D eigenvalue weighted by Gasteiger charge is -2.73. The molecular weight excluding hydrogens is 398 g/mol. The Bertz CT molecular complexity index is 1190. The third-order valence-electron chi connectivity index (χ3n) is 9.97. The van der Waals surface area contributed by atoms with E-state index in [1.807, 2.05) is 0 Å². The standard InChI is InChI=1S/C32H29N/c33-22-30-16-17-31-18-19-32(25-14-8-3-9-15-25,28(26(31)20-30)23-10-4-1-5-11-23)29(27(31)21-30)24-12-6-2-7-13-24/h1-15,18-19,26-29H,16-17,20-21H2. The predicted molar refractivity (Wildman–Crippen MR) is 132 cm³/mol. The molecule has 6 aliphatic rings. The number of benzene rings is 3. The monoisotopic (exact) mass is 427 g/mol. The van der Waals surface area contributed by atoms with Gasteiger partial charge in [-0.05, 0) is 59.6 Å². The fraction of sp³-hybridized carbons (Fsp3) is 0.344. The lowest BCUT2D eigenvalue weighted by molar-refractivity contribution is -0.141. The molecule has 0 amide bonds. The molecule has 4 fully saturated rings. The highest BCUT2D eigenvalue weighted by Gasteiger charge is 2.72. The molecule has 3 aromatic carbocycles. The normalized spacial score (nSPS) is 39.8. The Morgan fingerprint density at radius 3 is 1.67 bits per heavy atom. The molecule has 0 N–H and O–H groups in total. The molecule has 4 saturated carbocycles. The van der Waals surface area contributed by atoms with Gasteiger partial charge in [0, 0.05) is 17.3 Å². The van der Waals surface area contributed by atoms with E-state index in [1.165, 1.54) is 16.7 Å². The summed E-state index contributed by atoms with van der Waals surface area (Å²) in [7, 11) is 0. The summed E-state index contributed by atoms with van der Waals surface area (Å²) in [5, 5.41) is 10.4. The van der Waals surface area contributed by atoms with Crippen LogP contribution >= 0.6 is 0 Å². The van der Waals surface area contributed by atoms with Crippen molar-refractivity contribution in [3.63, 3.8) is 0 Å². The molecule has 4 atom stereocenters. The van der Waals surface area contributed by atoms with Gasteiger partial charge in [-0.25, -0.2) is 0 Å². The van der Waals surface area contributed by atoms with Gasteiger partial charge >= 0.3 is 0 Å². The summed E-state index contributed by atoms with van der Waals surface area (Å²) in [6.45, 7) is 0. The molecule has 0 aromatic heterocycles. The first-order chi connectivity index (χ1) is 16.2. The van der Waals surface area contributed by atoms with Crippen molar-refractivity contribution in [1.29, 1.82) is 5.26 Å². The molecule has 162 valence electrons. The van der Waals surface area contributed by atoms with E-state index in [0.717, 1.165) is 25.7 Å². The first kappa shape index (κ1) is 19.4. The minimum absolute atomic E-state index is 0.0972. The zero-order valence-electron chi connectivity index (χ0n) is 18.9. The molecule has 33 heavy (non-hydrogen) atoms. The minimum Gasteiger partial charge on any atom is -0.198 e. The number of hydrogen-bond donors (Lipinski definition) is 0. The fourth-order valence-electron chi connectivity index (χ4n) is 8.82. The van der Waals surface area contributed by atoms with E-state index in [1.54, 1.807) is 0 Å². The molecule has 1 spiro atoms. The minimum atomic E-state index is -0.162.